The highest BCUT2D eigenvalue weighted by atomic mass is 16.3. The zero-order valence-corrected chi connectivity index (χ0v) is 8.29. The van der Waals surface area contributed by atoms with Gasteiger partial charge in [0.05, 0.1) is 6.61 Å². The molecular weight excluding hydrogens is 150 g/mol. The van der Waals surface area contributed by atoms with Crippen molar-refractivity contribution in [3.63, 3.8) is 0 Å². The summed E-state index contributed by atoms with van der Waals surface area (Å²) in [7, 11) is 2.12. The minimum atomic E-state index is 0.293. The molecule has 0 amide bonds. The van der Waals surface area contributed by atoms with Crippen LogP contribution in [0, 0.1) is 5.92 Å². The minimum Gasteiger partial charge on any atom is -0.395 e. The van der Waals surface area contributed by atoms with Crippen LogP contribution in [0.3, 0.4) is 0 Å². The molecule has 0 aromatic rings. The Labute approximate surface area is 75.6 Å². The van der Waals surface area contributed by atoms with E-state index in [0.29, 0.717) is 6.61 Å². The molecule has 1 saturated carbocycles. The summed E-state index contributed by atoms with van der Waals surface area (Å²) in [5.41, 5.74) is 0. The lowest BCUT2D eigenvalue weighted by molar-refractivity contribution is 0.134. The minimum absolute atomic E-state index is 0.293. The van der Waals surface area contributed by atoms with Crippen LogP contribution < -0.4 is 0 Å². The quantitative estimate of drug-likeness (QED) is 0.695. The summed E-state index contributed by atoms with van der Waals surface area (Å²) < 4.78 is 0. The van der Waals surface area contributed by atoms with E-state index in [1.165, 1.54) is 25.7 Å². The van der Waals surface area contributed by atoms with Crippen molar-refractivity contribution in [2.24, 2.45) is 5.92 Å². The first-order chi connectivity index (χ1) is 5.74. The number of nitrogens with zero attached hydrogens (tertiary/aromatic N) is 1. The summed E-state index contributed by atoms with van der Waals surface area (Å²) in [4.78, 5) is 2.30. The molecule has 2 unspecified atom stereocenters. The molecule has 2 nitrogen and oxygen atoms in total. The van der Waals surface area contributed by atoms with Crippen LogP contribution in [0.1, 0.15) is 32.6 Å². The fraction of sp³-hybridized carbons (Fsp3) is 1.00. The summed E-state index contributed by atoms with van der Waals surface area (Å²) in [6.45, 7) is 3.46. The van der Waals surface area contributed by atoms with Crippen molar-refractivity contribution in [2.45, 2.75) is 38.6 Å². The molecule has 1 aliphatic rings. The van der Waals surface area contributed by atoms with Gasteiger partial charge in [0, 0.05) is 12.6 Å². The Bertz CT molecular complexity index is 127. The predicted octanol–water partition coefficient (Wildman–Crippen LogP) is 1.49. The van der Waals surface area contributed by atoms with E-state index in [-0.39, 0.29) is 0 Å². The van der Waals surface area contributed by atoms with Crippen LogP contribution in [0.4, 0.5) is 0 Å². The van der Waals surface area contributed by atoms with Crippen LogP contribution in [0.25, 0.3) is 0 Å². The summed E-state index contributed by atoms with van der Waals surface area (Å²) in [5, 5.41) is 8.79. The van der Waals surface area contributed by atoms with Gasteiger partial charge in [-0.1, -0.05) is 19.8 Å². The van der Waals surface area contributed by atoms with Crippen LogP contribution in [0.5, 0.6) is 0 Å². The maximum absolute atomic E-state index is 8.79. The van der Waals surface area contributed by atoms with Crippen LogP contribution >= 0.6 is 0 Å². The van der Waals surface area contributed by atoms with E-state index in [9.17, 15) is 0 Å². The van der Waals surface area contributed by atoms with E-state index in [4.69, 9.17) is 5.11 Å². The Hall–Kier alpha value is -0.0800. The molecule has 12 heavy (non-hydrogen) atoms. The maximum atomic E-state index is 8.79. The molecule has 0 bridgehead atoms. The van der Waals surface area contributed by atoms with Crippen molar-refractivity contribution in [3.8, 4) is 0 Å². The monoisotopic (exact) mass is 171 g/mol. The third kappa shape index (κ3) is 2.76. The molecule has 1 N–H and O–H groups in total. The van der Waals surface area contributed by atoms with Gasteiger partial charge in [-0.15, -0.1) is 0 Å². The molecule has 1 aliphatic carbocycles. The van der Waals surface area contributed by atoms with Gasteiger partial charge in [-0.2, -0.15) is 0 Å². The summed E-state index contributed by atoms with van der Waals surface area (Å²) >= 11 is 0. The molecule has 0 saturated heterocycles. The van der Waals surface area contributed by atoms with E-state index < -0.39 is 0 Å². The number of hydrogen-bond donors (Lipinski definition) is 1. The molecular formula is C10H21NO. The van der Waals surface area contributed by atoms with Crippen LogP contribution in [0.15, 0.2) is 0 Å². The Balaban J connectivity index is 2.29. The molecule has 1 fully saturated rings. The molecule has 0 aromatic heterocycles. The second kappa shape index (κ2) is 4.83. The molecule has 72 valence electrons. The SMILES string of the molecule is CC1CCCC(N(C)CCO)C1. The van der Waals surface area contributed by atoms with Crippen LogP contribution in [0.2, 0.25) is 0 Å². The van der Waals surface area contributed by atoms with Crippen molar-refractivity contribution in [1.29, 1.82) is 0 Å². The first-order valence-corrected chi connectivity index (χ1v) is 5.05. The Morgan fingerprint density at radius 1 is 1.42 bits per heavy atom. The van der Waals surface area contributed by atoms with Gasteiger partial charge in [0.15, 0.2) is 0 Å². The second-order valence-corrected chi connectivity index (χ2v) is 4.13. The fourth-order valence-corrected chi connectivity index (χ4v) is 2.14. The first-order valence-electron chi connectivity index (χ1n) is 5.05. The van der Waals surface area contributed by atoms with E-state index in [2.05, 4.69) is 18.9 Å². The third-order valence-corrected chi connectivity index (χ3v) is 2.98. The lowest BCUT2D eigenvalue weighted by Crippen LogP contribution is -2.37. The number of likely N-dealkylation sites (N-methyl/N-ethyl adjacent to an activating group) is 1. The van der Waals surface area contributed by atoms with Gasteiger partial charge in [0.2, 0.25) is 0 Å². The smallest absolute Gasteiger partial charge is 0.0558 e. The Kier molecular flexibility index (Phi) is 4.02. The topological polar surface area (TPSA) is 23.5 Å². The average Bonchev–Trinajstić information content (AvgIpc) is 2.05. The molecule has 0 radical (unpaired) electrons. The van der Waals surface area contributed by atoms with Gasteiger partial charge in [-0.05, 0) is 25.8 Å². The predicted molar refractivity (Wildman–Crippen MR) is 51.1 cm³/mol. The highest BCUT2D eigenvalue weighted by Crippen LogP contribution is 2.26. The van der Waals surface area contributed by atoms with Crippen LogP contribution in [-0.2, 0) is 0 Å². The molecule has 0 heterocycles. The normalized spacial score (nSPS) is 31.0. The Morgan fingerprint density at radius 3 is 2.75 bits per heavy atom. The summed E-state index contributed by atoms with van der Waals surface area (Å²) in [6, 6.07) is 0.723. The van der Waals surface area contributed by atoms with Crippen molar-refractivity contribution >= 4 is 0 Å². The zero-order chi connectivity index (χ0) is 8.97. The van der Waals surface area contributed by atoms with Crippen molar-refractivity contribution in [2.75, 3.05) is 20.2 Å². The van der Waals surface area contributed by atoms with Crippen molar-refractivity contribution in [1.82, 2.24) is 4.90 Å². The fourth-order valence-electron chi connectivity index (χ4n) is 2.14. The summed E-state index contributed by atoms with van der Waals surface area (Å²) in [6.07, 6.45) is 5.39. The van der Waals surface area contributed by atoms with Crippen molar-refractivity contribution in [3.05, 3.63) is 0 Å². The van der Waals surface area contributed by atoms with Gasteiger partial charge < -0.3 is 10.0 Å². The molecule has 1 rings (SSSR count). The van der Waals surface area contributed by atoms with Gasteiger partial charge in [0.25, 0.3) is 0 Å². The molecule has 0 spiro atoms. The lowest BCUT2D eigenvalue weighted by Gasteiger charge is -2.33. The molecule has 2 heteroatoms. The van der Waals surface area contributed by atoms with E-state index in [1.54, 1.807) is 0 Å². The maximum Gasteiger partial charge on any atom is 0.0558 e. The molecule has 2 atom stereocenters. The standard InChI is InChI=1S/C10H21NO/c1-9-4-3-5-10(8-9)11(2)6-7-12/h9-10,12H,3-8H2,1-2H3. The molecule has 0 aromatic carbocycles. The third-order valence-electron chi connectivity index (χ3n) is 2.98. The van der Waals surface area contributed by atoms with E-state index >= 15 is 0 Å². The number of aliphatic hydroxyl groups excluding tert-OH is 1. The molecule has 0 aliphatic heterocycles. The van der Waals surface area contributed by atoms with Crippen LogP contribution in [-0.4, -0.2) is 36.2 Å². The summed E-state index contributed by atoms with van der Waals surface area (Å²) in [5.74, 6) is 0.880. The van der Waals surface area contributed by atoms with Gasteiger partial charge in [0.1, 0.15) is 0 Å². The second-order valence-electron chi connectivity index (χ2n) is 4.13. The van der Waals surface area contributed by atoms with Gasteiger partial charge in [-0.25, -0.2) is 0 Å². The number of rotatable bonds is 3. The van der Waals surface area contributed by atoms with Gasteiger partial charge in [-0.3, -0.25) is 0 Å². The number of hydrogen-bond acceptors (Lipinski definition) is 2. The zero-order valence-electron chi connectivity index (χ0n) is 8.29. The van der Waals surface area contributed by atoms with E-state index in [1.807, 2.05) is 0 Å². The number of aliphatic hydroxyl groups is 1. The van der Waals surface area contributed by atoms with E-state index in [0.717, 1.165) is 18.5 Å². The highest BCUT2D eigenvalue weighted by molar-refractivity contribution is 4.76. The largest absolute Gasteiger partial charge is 0.395 e. The Morgan fingerprint density at radius 2 is 2.17 bits per heavy atom. The lowest BCUT2D eigenvalue weighted by atomic mass is 9.86. The van der Waals surface area contributed by atoms with Gasteiger partial charge >= 0.3 is 0 Å². The van der Waals surface area contributed by atoms with Crippen molar-refractivity contribution < 1.29 is 5.11 Å². The average molecular weight is 171 g/mol. The highest BCUT2D eigenvalue weighted by Gasteiger charge is 2.21. The first kappa shape index (κ1) is 10.0.